The second-order valence-electron chi connectivity index (χ2n) is 13.4. The van der Waals surface area contributed by atoms with Crippen molar-refractivity contribution < 1.29 is 68.1 Å². The number of phenolic OH excluding ortho intramolecular Hbond substituents is 4. The molecule has 0 radical (unpaired) electrons. The third kappa shape index (κ3) is 15.6. The topological polar surface area (TPSA) is 325 Å². The number of carbonyl (C=O) groups excluding carboxylic acids is 5. The van der Waals surface area contributed by atoms with Gasteiger partial charge >= 0.3 is 5.97 Å². The number of unbranched alkanes of at least 4 members (excludes halogenated alkanes) is 1. The molecule has 23 heteroatoms. The fourth-order valence-electron chi connectivity index (χ4n) is 5.64. The summed E-state index contributed by atoms with van der Waals surface area (Å²) in [7, 11) is 6.32. The Hall–Kier alpha value is -5.84. The number of aliphatic imine (C=N–C) groups is 1. The number of hydrogen-bond donors (Lipinski definition) is 10. The quantitative estimate of drug-likeness (QED) is 0.0158. The number of methoxy groups -OCH3 is 5. The predicted octanol–water partition coefficient (Wildman–Crippen LogP) is 1.05. The van der Waals surface area contributed by atoms with Crippen molar-refractivity contribution in [3.8, 4) is 46.0 Å². The zero-order valence-electron chi connectivity index (χ0n) is 35.1. The van der Waals surface area contributed by atoms with E-state index in [-0.39, 0.29) is 99.2 Å². The van der Waals surface area contributed by atoms with Gasteiger partial charge in [-0.1, -0.05) is 13.8 Å². The highest BCUT2D eigenvalue weighted by Gasteiger charge is 2.32. The number of aromatic hydroxyl groups is 4. The molecular formula is C38H57N7O14S2. The number of rotatable bonds is 26. The van der Waals surface area contributed by atoms with Crippen LogP contribution in [0.5, 0.6) is 46.0 Å². The van der Waals surface area contributed by atoms with Crippen LogP contribution in [-0.2, 0) is 28.7 Å². The van der Waals surface area contributed by atoms with Crippen molar-refractivity contribution in [1.82, 2.24) is 21.3 Å². The number of phenols is 4. The van der Waals surface area contributed by atoms with Crippen molar-refractivity contribution in [2.24, 2.45) is 22.4 Å². The number of nitrogens with two attached hydrogens (primary N) is 2. The SMILES string of the molecule is COC(=O)[C@H](CCCN=C(N)N)NC(=O)[C@@H](NC(=O)[C@H](CCCCNC(=O)CSc1c(O)c(OC)cc(O)c1OC)NC(=O)CSc1c(O)c(OC)cc(O)c1OC)C(C)C. The standard InChI is InChI=1S/C38H57N7O14S2/c1-19(2)28(36(53)44-21(37(54)59-7)12-10-14-42-38(39)40)45-35(52)20(43-27(49)18-61-34-30(51)25(56-4)16-23(47)32(34)58-6)11-8-9-13-41-26(48)17-60-33-29(50)24(55-3)15-22(46)31(33)57-5/h15-16,19-21,28,46-47,50-51H,8-14,17-18H2,1-7H3,(H,41,48)(H,43,49)(H,44,53)(H,45,52)(H4,39,40,42)/t20-,21-,28-/m0/s1. The van der Waals surface area contributed by atoms with Gasteiger partial charge in [-0.3, -0.25) is 24.2 Å². The highest BCUT2D eigenvalue weighted by molar-refractivity contribution is 8.00. The van der Waals surface area contributed by atoms with Gasteiger partial charge in [-0.25, -0.2) is 4.79 Å². The Balaban J connectivity index is 2.20. The molecule has 21 nitrogen and oxygen atoms in total. The summed E-state index contributed by atoms with van der Waals surface area (Å²) in [6.07, 6.45) is 1.16. The molecule has 0 aliphatic rings. The number of esters is 1. The molecule has 0 saturated carbocycles. The summed E-state index contributed by atoms with van der Waals surface area (Å²) in [5.74, 6) is -5.84. The summed E-state index contributed by atoms with van der Waals surface area (Å²) in [5.41, 5.74) is 10.7. The summed E-state index contributed by atoms with van der Waals surface area (Å²) < 4.78 is 25.4. The number of carbonyl (C=O) groups is 5. The van der Waals surface area contributed by atoms with E-state index in [0.717, 1.165) is 29.6 Å². The lowest BCUT2D eigenvalue weighted by Crippen LogP contribution is -2.57. The molecule has 12 N–H and O–H groups in total. The van der Waals surface area contributed by atoms with Gasteiger partial charge in [-0.05, 0) is 38.0 Å². The summed E-state index contributed by atoms with van der Waals surface area (Å²) in [4.78, 5) is 70.0. The van der Waals surface area contributed by atoms with Gasteiger partial charge in [0.15, 0.2) is 52.0 Å². The minimum Gasteiger partial charge on any atom is -0.504 e. The average molecular weight is 900 g/mol. The maximum atomic E-state index is 13.9. The predicted molar refractivity (Wildman–Crippen MR) is 227 cm³/mol. The Morgan fingerprint density at radius 2 is 1.21 bits per heavy atom. The van der Waals surface area contributed by atoms with Crippen LogP contribution in [0.4, 0.5) is 0 Å². The highest BCUT2D eigenvalue weighted by atomic mass is 32.2. The first kappa shape index (κ1) is 51.3. The van der Waals surface area contributed by atoms with Gasteiger partial charge < -0.3 is 76.8 Å². The molecule has 0 aliphatic carbocycles. The molecule has 2 rings (SSSR count). The van der Waals surface area contributed by atoms with E-state index >= 15 is 0 Å². The van der Waals surface area contributed by atoms with Crippen molar-refractivity contribution >= 4 is 59.1 Å². The van der Waals surface area contributed by atoms with Crippen LogP contribution in [0.3, 0.4) is 0 Å². The molecule has 4 amide bonds. The lowest BCUT2D eigenvalue weighted by molar-refractivity contribution is -0.145. The lowest BCUT2D eigenvalue weighted by atomic mass is 10.0. The van der Waals surface area contributed by atoms with Crippen molar-refractivity contribution in [3.05, 3.63) is 12.1 Å². The van der Waals surface area contributed by atoms with E-state index in [1.165, 1.54) is 41.6 Å². The van der Waals surface area contributed by atoms with E-state index in [2.05, 4.69) is 26.3 Å². The molecular weight excluding hydrogens is 843 g/mol. The van der Waals surface area contributed by atoms with Crippen molar-refractivity contribution in [2.75, 3.05) is 60.1 Å². The zero-order chi connectivity index (χ0) is 45.8. The van der Waals surface area contributed by atoms with E-state index in [1.54, 1.807) is 13.8 Å². The van der Waals surface area contributed by atoms with Crippen LogP contribution in [0.1, 0.15) is 46.0 Å². The number of guanidine groups is 1. The van der Waals surface area contributed by atoms with Gasteiger partial charge in [0.25, 0.3) is 0 Å². The van der Waals surface area contributed by atoms with Gasteiger partial charge in [0.2, 0.25) is 23.6 Å². The monoisotopic (exact) mass is 899 g/mol. The second kappa shape index (κ2) is 25.7. The molecule has 0 unspecified atom stereocenters. The molecule has 0 bridgehead atoms. The molecule has 340 valence electrons. The fourth-order valence-corrected chi connectivity index (χ4v) is 7.49. The Morgan fingerprint density at radius 1 is 0.689 bits per heavy atom. The van der Waals surface area contributed by atoms with E-state index in [0.29, 0.717) is 19.3 Å². The number of hydrogen-bond acceptors (Lipinski definition) is 17. The minimum absolute atomic E-state index is 0.00956. The summed E-state index contributed by atoms with van der Waals surface area (Å²) in [5, 5.41) is 52.5. The number of amides is 4. The third-order valence-electron chi connectivity index (χ3n) is 8.74. The Bertz CT molecular complexity index is 1860. The molecule has 0 aromatic heterocycles. The van der Waals surface area contributed by atoms with Gasteiger partial charge in [0, 0.05) is 25.2 Å². The number of nitrogens with one attached hydrogen (secondary N) is 4. The van der Waals surface area contributed by atoms with Crippen LogP contribution in [0.2, 0.25) is 0 Å². The molecule has 0 spiro atoms. The Morgan fingerprint density at radius 3 is 1.69 bits per heavy atom. The Labute approximate surface area is 362 Å². The highest BCUT2D eigenvalue weighted by Crippen LogP contribution is 2.49. The van der Waals surface area contributed by atoms with Crippen LogP contribution in [-0.4, -0.2) is 134 Å². The molecule has 2 aromatic rings. The van der Waals surface area contributed by atoms with Crippen LogP contribution >= 0.6 is 23.5 Å². The molecule has 0 aliphatic heterocycles. The van der Waals surface area contributed by atoms with Crippen LogP contribution < -0.4 is 51.7 Å². The smallest absolute Gasteiger partial charge is 0.328 e. The first-order valence-electron chi connectivity index (χ1n) is 18.8. The van der Waals surface area contributed by atoms with E-state index < -0.39 is 53.6 Å². The molecule has 0 saturated heterocycles. The van der Waals surface area contributed by atoms with Crippen LogP contribution in [0.25, 0.3) is 0 Å². The van der Waals surface area contributed by atoms with Gasteiger partial charge in [-0.2, -0.15) is 0 Å². The summed E-state index contributed by atoms with van der Waals surface area (Å²) in [6, 6.07) is -1.11. The summed E-state index contributed by atoms with van der Waals surface area (Å²) >= 11 is 1.72. The minimum atomic E-state index is -1.20. The maximum Gasteiger partial charge on any atom is 0.328 e. The van der Waals surface area contributed by atoms with E-state index in [4.69, 9.17) is 35.2 Å². The van der Waals surface area contributed by atoms with Crippen LogP contribution in [0.15, 0.2) is 26.9 Å². The number of nitrogens with zero attached hydrogens (tertiary/aromatic N) is 1. The largest absolute Gasteiger partial charge is 0.504 e. The van der Waals surface area contributed by atoms with Gasteiger partial charge in [-0.15, -0.1) is 23.5 Å². The lowest BCUT2D eigenvalue weighted by Gasteiger charge is -2.27. The summed E-state index contributed by atoms with van der Waals surface area (Å²) in [6.45, 7) is 3.72. The van der Waals surface area contributed by atoms with Crippen molar-refractivity contribution in [2.45, 2.75) is 73.9 Å². The van der Waals surface area contributed by atoms with Gasteiger partial charge in [0.05, 0.1) is 56.8 Å². The Kier molecular flexibility index (Phi) is 21.6. The average Bonchev–Trinajstić information content (AvgIpc) is 3.22. The molecule has 0 heterocycles. The van der Waals surface area contributed by atoms with E-state index in [1.807, 2.05) is 0 Å². The van der Waals surface area contributed by atoms with Crippen LogP contribution in [0, 0.1) is 5.92 Å². The van der Waals surface area contributed by atoms with Gasteiger partial charge in [0.1, 0.15) is 18.1 Å². The number of thioether (sulfide) groups is 2. The molecule has 3 atom stereocenters. The molecule has 61 heavy (non-hydrogen) atoms. The zero-order valence-corrected chi connectivity index (χ0v) is 36.8. The normalized spacial score (nSPS) is 12.3. The van der Waals surface area contributed by atoms with E-state index in [9.17, 15) is 44.4 Å². The number of benzene rings is 2. The first-order valence-corrected chi connectivity index (χ1v) is 20.8. The first-order chi connectivity index (χ1) is 28.9. The van der Waals surface area contributed by atoms with Crippen molar-refractivity contribution in [1.29, 1.82) is 0 Å². The molecule has 0 fully saturated rings. The maximum absolute atomic E-state index is 13.9. The van der Waals surface area contributed by atoms with Crippen molar-refractivity contribution in [3.63, 3.8) is 0 Å². The second-order valence-corrected chi connectivity index (χ2v) is 15.4. The molecule has 2 aromatic carbocycles. The fraction of sp³-hybridized carbons (Fsp3) is 0.526. The third-order valence-corrected chi connectivity index (χ3v) is 10.9. The number of ether oxygens (including phenoxy) is 5.